The normalized spacial score (nSPS) is 12.8. The summed E-state index contributed by atoms with van der Waals surface area (Å²) in [5.74, 6) is 0. The van der Waals surface area contributed by atoms with Crippen LogP contribution in [0.5, 0.6) is 0 Å². The van der Waals surface area contributed by atoms with E-state index in [9.17, 15) is 4.79 Å². The molecule has 0 aromatic heterocycles. The van der Waals surface area contributed by atoms with E-state index in [2.05, 4.69) is 26.2 Å². The van der Waals surface area contributed by atoms with E-state index in [-0.39, 0.29) is 0 Å². The van der Waals surface area contributed by atoms with Gasteiger partial charge in [-0.1, -0.05) is 15.9 Å². The zero-order valence-corrected chi connectivity index (χ0v) is 10.7. The number of rotatable bonds is 5. The van der Waals surface area contributed by atoms with Crippen molar-refractivity contribution in [3.8, 4) is 0 Å². The SMILES string of the molecule is CC(C)=N/C=C/C=C(Br)\C=C(/C)NC=O. The summed E-state index contributed by atoms with van der Waals surface area (Å²) in [5, 5.41) is 2.54. The number of allylic oxidation sites excluding steroid dienone is 5. The van der Waals surface area contributed by atoms with Crippen molar-refractivity contribution in [2.75, 3.05) is 0 Å². The molecule has 0 atom stereocenters. The summed E-state index contributed by atoms with van der Waals surface area (Å²) in [6.45, 7) is 5.67. The maximum Gasteiger partial charge on any atom is 0.211 e. The van der Waals surface area contributed by atoms with Gasteiger partial charge in [0.1, 0.15) is 0 Å². The molecule has 0 bridgehead atoms. The van der Waals surface area contributed by atoms with Crippen LogP contribution in [0.25, 0.3) is 0 Å². The fourth-order valence-corrected chi connectivity index (χ4v) is 1.21. The highest BCUT2D eigenvalue weighted by atomic mass is 79.9. The van der Waals surface area contributed by atoms with Gasteiger partial charge in [0, 0.05) is 22.1 Å². The number of nitrogens with one attached hydrogen (secondary N) is 1. The highest BCUT2D eigenvalue weighted by molar-refractivity contribution is 9.11. The van der Waals surface area contributed by atoms with Crippen LogP contribution in [0.3, 0.4) is 0 Å². The minimum Gasteiger partial charge on any atom is -0.333 e. The first-order valence-corrected chi connectivity index (χ1v) is 5.27. The van der Waals surface area contributed by atoms with Crippen LogP contribution in [0.1, 0.15) is 20.8 Å². The van der Waals surface area contributed by atoms with E-state index in [0.717, 1.165) is 15.9 Å². The highest BCUT2D eigenvalue weighted by Gasteiger charge is 1.87. The molecule has 0 heterocycles. The Labute approximate surface area is 98.8 Å². The van der Waals surface area contributed by atoms with Crippen LogP contribution in [0.4, 0.5) is 0 Å². The van der Waals surface area contributed by atoms with Gasteiger partial charge in [-0.2, -0.15) is 0 Å². The molecule has 0 aromatic carbocycles. The zero-order chi connectivity index (χ0) is 11.7. The van der Waals surface area contributed by atoms with E-state index in [0.29, 0.717) is 6.41 Å². The van der Waals surface area contributed by atoms with E-state index < -0.39 is 0 Å². The lowest BCUT2D eigenvalue weighted by Crippen LogP contribution is -2.06. The molecule has 1 N–H and O–H groups in total. The third-order valence-corrected chi connectivity index (χ3v) is 1.81. The summed E-state index contributed by atoms with van der Waals surface area (Å²) < 4.78 is 0.870. The van der Waals surface area contributed by atoms with Gasteiger partial charge in [-0.25, -0.2) is 0 Å². The number of nitrogens with zero attached hydrogens (tertiary/aromatic N) is 1. The zero-order valence-electron chi connectivity index (χ0n) is 9.12. The minimum atomic E-state index is 0.646. The van der Waals surface area contributed by atoms with Crippen molar-refractivity contribution in [1.29, 1.82) is 0 Å². The summed E-state index contributed by atoms with van der Waals surface area (Å²) in [6.07, 6.45) is 7.84. The lowest BCUT2D eigenvalue weighted by Gasteiger charge is -1.95. The summed E-state index contributed by atoms with van der Waals surface area (Å²) >= 11 is 3.34. The van der Waals surface area contributed by atoms with Crippen LogP contribution in [0.15, 0.2) is 39.6 Å². The summed E-state index contributed by atoms with van der Waals surface area (Å²) in [7, 11) is 0. The molecular weight excluding hydrogens is 256 g/mol. The molecule has 3 nitrogen and oxygen atoms in total. The van der Waals surface area contributed by atoms with Gasteiger partial charge in [-0.05, 0) is 39.0 Å². The van der Waals surface area contributed by atoms with E-state index in [4.69, 9.17) is 0 Å². The topological polar surface area (TPSA) is 41.5 Å². The molecular formula is C11H15BrN2O. The molecule has 0 saturated heterocycles. The predicted octanol–water partition coefficient (Wildman–Crippen LogP) is 2.91. The number of aliphatic imine (C=N–C) groups is 1. The van der Waals surface area contributed by atoms with E-state index in [1.807, 2.05) is 32.9 Å². The van der Waals surface area contributed by atoms with Gasteiger partial charge >= 0.3 is 0 Å². The first kappa shape index (κ1) is 13.8. The van der Waals surface area contributed by atoms with Gasteiger partial charge in [0.15, 0.2) is 0 Å². The number of hydrogen-bond donors (Lipinski definition) is 1. The van der Waals surface area contributed by atoms with Crippen molar-refractivity contribution in [3.05, 3.63) is 34.6 Å². The molecule has 0 aliphatic rings. The second kappa shape index (κ2) is 8.17. The average molecular weight is 271 g/mol. The number of carbonyl (C=O) groups excluding carboxylic acids is 1. The van der Waals surface area contributed by atoms with Crippen LogP contribution >= 0.6 is 15.9 Å². The van der Waals surface area contributed by atoms with Crippen molar-refractivity contribution in [1.82, 2.24) is 5.32 Å². The summed E-state index contributed by atoms with van der Waals surface area (Å²) in [6, 6.07) is 0. The fourth-order valence-electron chi connectivity index (χ4n) is 0.717. The average Bonchev–Trinajstić information content (AvgIpc) is 2.12. The molecule has 0 aliphatic heterocycles. The monoisotopic (exact) mass is 270 g/mol. The largest absolute Gasteiger partial charge is 0.333 e. The second-order valence-electron chi connectivity index (χ2n) is 3.06. The highest BCUT2D eigenvalue weighted by Crippen LogP contribution is 2.08. The Morgan fingerprint density at radius 1 is 1.33 bits per heavy atom. The Kier molecular flexibility index (Phi) is 7.54. The number of amides is 1. The van der Waals surface area contributed by atoms with Crippen molar-refractivity contribution in [2.45, 2.75) is 20.8 Å². The van der Waals surface area contributed by atoms with Gasteiger partial charge in [0.2, 0.25) is 6.41 Å². The van der Waals surface area contributed by atoms with Crippen molar-refractivity contribution in [2.24, 2.45) is 4.99 Å². The van der Waals surface area contributed by atoms with Crippen LogP contribution < -0.4 is 5.32 Å². The third kappa shape index (κ3) is 9.15. The van der Waals surface area contributed by atoms with E-state index >= 15 is 0 Å². The Morgan fingerprint density at radius 3 is 2.53 bits per heavy atom. The maximum absolute atomic E-state index is 10.1. The fraction of sp³-hybridized carbons (Fsp3) is 0.273. The van der Waals surface area contributed by atoms with Crippen molar-refractivity contribution in [3.63, 3.8) is 0 Å². The van der Waals surface area contributed by atoms with Crippen molar-refractivity contribution >= 4 is 28.1 Å². The molecule has 0 fully saturated rings. The number of halogens is 1. The Bertz CT molecular complexity index is 323. The van der Waals surface area contributed by atoms with Crippen molar-refractivity contribution < 1.29 is 4.79 Å². The van der Waals surface area contributed by atoms with Crippen LogP contribution in [0, 0.1) is 0 Å². The van der Waals surface area contributed by atoms with Gasteiger partial charge in [0.05, 0.1) is 0 Å². The standard InChI is InChI=1S/C11H15BrN2O/c1-9(2)13-6-4-5-11(12)7-10(3)14-8-15/h4-8H,1-3H3,(H,14,15)/b6-4+,10-7+,11-5+. The second-order valence-corrected chi connectivity index (χ2v) is 3.97. The number of carbonyl (C=O) groups is 1. The van der Waals surface area contributed by atoms with Gasteiger partial charge in [-0.15, -0.1) is 0 Å². The molecule has 15 heavy (non-hydrogen) atoms. The Morgan fingerprint density at radius 2 is 2.00 bits per heavy atom. The quantitative estimate of drug-likeness (QED) is 0.466. The summed E-state index contributed by atoms with van der Waals surface area (Å²) in [5.41, 5.74) is 1.78. The summed E-state index contributed by atoms with van der Waals surface area (Å²) in [4.78, 5) is 14.2. The predicted molar refractivity (Wildman–Crippen MR) is 67.9 cm³/mol. The first-order chi connectivity index (χ1) is 7.06. The Hall–Kier alpha value is -1.16. The van der Waals surface area contributed by atoms with Gasteiger partial charge < -0.3 is 5.32 Å². The number of hydrogen-bond acceptors (Lipinski definition) is 2. The van der Waals surface area contributed by atoms with Gasteiger partial charge in [0.25, 0.3) is 0 Å². The molecule has 4 heteroatoms. The molecule has 0 saturated carbocycles. The van der Waals surface area contributed by atoms with E-state index in [1.165, 1.54) is 0 Å². The molecule has 82 valence electrons. The molecule has 0 unspecified atom stereocenters. The molecule has 1 amide bonds. The van der Waals surface area contributed by atoms with Crippen LogP contribution in [0.2, 0.25) is 0 Å². The third-order valence-electron chi connectivity index (χ3n) is 1.32. The smallest absolute Gasteiger partial charge is 0.211 e. The molecule has 0 aliphatic carbocycles. The van der Waals surface area contributed by atoms with Crippen LogP contribution in [-0.2, 0) is 4.79 Å². The minimum absolute atomic E-state index is 0.646. The first-order valence-electron chi connectivity index (χ1n) is 4.48. The molecule has 0 radical (unpaired) electrons. The molecule has 0 rings (SSSR count). The van der Waals surface area contributed by atoms with Crippen LogP contribution in [-0.4, -0.2) is 12.1 Å². The molecule has 0 aromatic rings. The molecule has 0 spiro atoms. The van der Waals surface area contributed by atoms with E-state index in [1.54, 1.807) is 12.3 Å². The lowest BCUT2D eigenvalue weighted by atomic mass is 10.4. The maximum atomic E-state index is 10.1. The van der Waals surface area contributed by atoms with Gasteiger partial charge in [-0.3, -0.25) is 9.79 Å². The Balaban J connectivity index is 4.32. The lowest BCUT2D eigenvalue weighted by molar-refractivity contribution is -0.108.